The van der Waals surface area contributed by atoms with E-state index in [4.69, 9.17) is 5.11 Å². The standard InChI is InChI=1S/C14H14N2O2/c1-8-4-5-11(10(3)9(8)2)12-6-7-15-13(16-12)14(17)18/h4-7H,1-3H3,(H,17,18). The Morgan fingerprint density at radius 2 is 1.83 bits per heavy atom. The van der Waals surface area contributed by atoms with Gasteiger partial charge in [0.05, 0.1) is 5.69 Å². The van der Waals surface area contributed by atoms with Crippen LogP contribution in [-0.2, 0) is 0 Å². The minimum absolute atomic E-state index is 0.176. The van der Waals surface area contributed by atoms with Crippen LogP contribution < -0.4 is 0 Å². The minimum Gasteiger partial charge on any atom is -0.475 e. The summed E-state index contributed by atoms with van der Waals surface area (Å²) in [5, 5.41) is 8.90. The molecule has 0 fully saturated rings. The van der Waals surface area contributed by atoms with Crippen LogP contribution in [0.3, 0.4) is 0 Å². The number of carboxylic acids is 1. The van der Waals surface area contributed by atoms with E-state index in [1.54, 1.807) is 6.07 Å². The van der Waals surface area contributed by atoms with Crippen LogP contribution in [0.5, 0.6) is 0 Å². The molecule has 0 bridgehead atoms. The highest BCUT2D eigenvalue weighted by molar-refractivity contribution is 5.84. The predicted molar refractivity (Wildman–Crippen MR) is 68.6 cm³/mol. The summed E-state index contributed by atoms with van der Waals surface area (Å²) in [5.74, 6) is -1.29. The average Bonchev–Trinajstić information content (AvgIpc) is 2.36. The molecule has 4 heteroatoms. The van der Waals surface area contributed by atoms with Crippen molar-refractivity contribution in [2.75, 3.05) is 0 Å². The largest absolute Gasteiger partial charge is 0.475 e. The van der Waals surface area contributed by atoms with Gasteiger partial charge < -0.3 is 5.11 Å². The van der Waals surface area contributed by atoms with Crippen LogP contribution in [0.15, 0.2) is 24.4 Å². The number of nitrogens with zero attached hydrogens (tertiary/aromatic N) is 2. The molecule has 0 aliphatic heterocycles. The zero-order valence-corrected chi connectivity index (χ0v) is 10.6. The molecule has 0 spiro atoms. The first-order valence-corrected chi connectivity index (χ1v) is 5.64. The molecule has 92 valence electrons. The molecular formula is C14H14N2O2. The Morgan fingerprint density at radius 3 is 2.50 bits per heavy atom. The third-order valence-corrected chi connectivity index (χ3v) is 3.18. The van der Waals surface area contributed by atoms with Gasteiger partial charge in [-0.05, 0) is 43.5 Å². The van der Waals surface area contributed by atoms with Gasteiger partial charge in [-0.1, -0.05) is 12.1 Å². The molecular weight excluding hydrogens is 228 g/mol. The minimum atomic E-state index is -1.11. The van der Waals surface area contributed by atoms with Crippen LogP contribution in [0.2, 0.25) is 0 Å². The summed E-state index contributed by atoms with van der Waals surface area (Å²) in [7, 11) is 0. The van der Waals surface area contributed by atoms with Gasteiger partial charge in [-0.3, -0.25) is 0 Å². The van der Waals surface area contributed by atoms with Gasteiger partial charge >= 0.3 is 5.97 Å². The van der Waals surface area contributed by atoms with Crippen molar-refractivity contribution in [3.63, 3.8) is 0 Å². The maximum absolute atomic E-state index is 10.9. The molecule has 4 nitrogen and oxygen atoms in total. The number of carboxylic acid groups (broad SMARTS) is 1. The lowest BCUT2D eigenvalue weighted by molar-refractivity contribution is 0.0683. The number of hydrogen-bond acceptors (Lipinski definition) is 3. The SMILES string of the molecule is Cc1ccc(-c2ccnc(C(=O)O)n2)c(C)c1C. The van der Waals surface area contributed by atoms with Gasteiger partial charge in [0.15, 0.2) is 0 Å². The molecule has 0 atom stereocenters. The quantitative estimate of drug-likeness (QED) is 0.879. The van der Waals surface area contributed by atoms with E-state index >= 15 is 0 Å². The second kappa shape index (κ2) is 4.56. The van der Waals surface area contributed by atoms with E-state index < -0.39 is 5.97 Å². The highest BCUT2D eigenvalue weighted by Gasteiger charge is 2.11. The van der Waals surface area contributed by atoms with E-state index in [-0.39, 0.29) is 5.82 Å². The second-order valence-electron chi connectivity index (χ2n) is 4.25. The zero-order chi connectivity index (χ0) is 13.3. The Labute approximate surface area is 105 Å². The maximum Gasteiger partial charge on any atom is 0.373 e. The Bertz CT molecular complexity index is 621. The van der Waals surface area contributed by atoms with Crippen LogP contribution in [0.25, 0.3) is 11.3 Å². The lowest BCUT2D eigenvalue weighted by Gasteiger charge is -2.10. The summed E-state index contributed by atoms with van der Waals surface area (Å²) in [6.07, 6.45) is 1.47. The van der Waals surface area contributed by atoms with E-state index in [1.165, 1.54) is 17.3 Å². The van der Waals surface area contributed by atoms with Crippen molar-refractivity contribution in [2.24, 2.45) is 0 Å². The molecule has 2 aromatic rings. The Morgan fingerprint density at radius 1 is 1.11 bits per heavy atom. The van der Waals surface area contributed by atoms with Crippen LogP contribution in [0.1, 0.15) is 27.3 Å². The van der Waals surface area contributed by atoms with Crippen LogP contribution in [0, 0.1) is 20.8 Å². The molecule has 0 aliphatic rings. The van der Waals surface area contributed by atoms with Crippen LogP contribution in [-0.4, -0.2) is 21.0 Å². The predicted octanol–water partition coefficient (Wildman–Crippen LogP) is 2.77. The monoisotopic (exact) mass is 242 g/mol. The number of aryl methyl sites for hydroxylation is 1. The number of aromatic nitrogens is 2. The van der Waals surface area contributed by atoms with Crippen molar-refractivity contribution in [1.82, 2.24) is 9.97 Å². The first-order valence-electron chi connectivity index (χ1n) is 5.64. The Hall–Kier alpha value is -2.23. The van der Waals surface area contributed by atoms with Gasteiger partial charge in [-0.15, -0.1) is 0 Å². The van der Waals surface area contributed by atoms with E-state index in [0.717, 1.165) is 11.1 Å². The Kier molecular flexibility index (Phi) is 3.10. The number of carbonyl (C=O) groups is 1. The molecule has 18 heavy (non-hydrogen) atoms. The Balaban J connectivity index is 2.59. The van der Waals surface area contributed by atoms with Crippen molar-refractivity contribution in [2.45, 2.75) is 20.8 Å². The number of rotatable bonds is 2. The summed E-state index contributed by atoms with van der Waals surface area (Å²) in [6.45, 7) is 6.11. The summed E-state index contributed by atoms with van der Waals surface area (Å²) < 4.78 is 0. The molecule has 1 heterocycles. The molecule has 1 aromatic heterocycles. The van der Waals surface area contributed by atoms with Gasteiger partial charge in [0.2, 0.25) is 5.82 Å². The van der Waals surface area contributed by atoms with E-state index in [0.29, 0.717) is 5.69 Å². The van der Waals surface area contributed by atoms with Crippen molar-refractivity contribution in [3.8, 4) is 11.3 Å². The van der Waals surface area contributed by atoms with Crippen molar-refractivity contribution >= 4 is 5.97 Å². The lowest BCUT2D eigenvalue weighted by atomic mass is 9.97. The van der Waals surface area contributed by atoms with E-state index in [9.17, 15) is 4.79 Å². The van der Waals surface area contributed by atoms with E-state index in [2.05, 4.69) is 16.9 Å². The van der Waals surface area contributed by atoms with Crippen molar-refractivity contribution in [1.29, 1.82) is 0 Å². The molecule has 0 amide bonds. The molecule has 0 unspecified atom stereocenters. The summed E-state index contributed by atoms with van der Waals surface area (Å²) in [5.41, 5.74) is 5.11. The first-order chi connectivity index (χ1) is 8.50. The third-order valence-electron chi connectivity index (χ3n) is 3.18. The highest BCUT2D eigenvalue weighted by atomic mass is 16.4. The number of hydrogen-bond donors (Lipinski definition) is 1. The van der Waals surface area contributed by atoms with Gasteiger partial charge in [-0.2, -0.15) is 0 Å². The number of benzene rings is 1. The summed E-state index contributed by atoms with van der Waals surface area (Å²) >= 11 is 0. The maximum atomic E-state index is 10.9. The van der Waals surface area contributed by atoms with Gasteiger partial charge in [-0.25, -0.2) is 14.8 Å². The number of aromatic carboxylic acids is 1. The lowest BCUT2D eigenvalue weighted by Crippen LogP contribution is -2.04. The first kappa shape index (κ1) is 12.2. The molecule has 2 rings (SSSR count). The highest BCUT2D eigenvalue weighted by Crippen LogP contribution is 2.25. The normalized spacial score (nSPS) is 10.4. The van der Waals surface area contributed by atoms with Crippen molar-refractivity contribution < 1.29 is 9.90 Å². The van der Waals surface area contributed by atoms with Gasteiger partial charge in [0.25, 0.3) is 0 Å². The molecule has 0 aliphatic carbocycles. The van der Waals surface area contributed by atoms with Crippen LogP contribution >= 0.6 is 0 Å². The molecule has 0 saturated carbocycles. The fourth-order valence-corrected chi connectivity index (χ4v) is 1.85. The smallest absolute Gasteiger partial charge is 0.373 e. The fourth-order valence-electron chi connectivity index (χ4n) is 1.85. The third kappa shape index (κ3) is 2.09. The summed E-state index contributed by atoms with van der Waals surface area (Å²) in [6, 6.07) is 5.70. The molecule has 1 N–H and O–H groups in total. The molecule has 0 saturated heterocycles. The fraction of sp³-hybridized carbons (Fsp3) is 0.214. The van der Waals surface area contributed by atoms with Gasteiger partial charge in [0, 0.05) is 11.8 Å². The van der Waals surface area contributed by atoms with Crippen LogP contribution in [0.4, 0.5) is 0 Å². The summed E-state index contributed by atoms with van der Waals surface area (Å²) in [4.78, 5) is 18.7. The topological polar surface area (TPSA) is 63.1 Å². The average molecular weight is 242 g/mol. The zero-order valence-electron chi connectivity index (χ0n) is 10.6. The molecule has 0 radical (unpaired) electrons. The van der Waals surface area contributed by atoms with E-state index in [1.807, 2.05) is 26.0 Å². The molecule has 1 aromatic carbocycles. The van der Waals surface area contributed by atoms with Gasteiger partial charge in [0.1, 0.15) is 0 Å². The van der Waals surface area contributed by atoms with Crippen molar-refractivity contribution in [3.05, 3.63) is 46.9 Å². The second-order valence-corrected chi connectivity index (χ2v) is 4.25.